The number of likely N-dealkylation sites (tertiary alicyclic amines) is 1. The molecule has 2 heterocycles. The molecule has 1 amide bonds. The fraction of sp³-hybridized carbons (Fsp3) is 0.435. The molecule has 0 bridgehead atoms. The highest BCUT2D eigenvalue weighted by atomic mass is 16.6. The van der Waals surface area contributed by atoms with Crippen molar-refractivity contribution in [3.05, 3.63) is 47.5 Å². The first-order valence-electron chi connectivity index (χ1n) is 9.85. The number of aryl methyl sites for hydroxylation is 1. The van der Waals surface area contributed by atoms with E-state index in [-0.39, 0.29) is 11.3 Å². The number of hydrogen-bond donors (Lipinski definition) is 0. The van der Waals surface area contributed by atoms with Crippen molar-refractivity contribution in [1.29, 1.82) is 0 Å². The fourth-order valence-corrected chi connectivity index (χ4v) is 5.19. The first kappa shape index (κ1) is 16.7. The molecule has 4 nitrogen and oxygen atoms in total. The van der Waals surface area contributed by atoms with E-state index in [4.69, 9.17) is 9.47 Å². The number of benzene rings is 2. The van der Waals surface area contributed by atoms with Gasteiger partial charge in [0.2, 0.25) is 5.91 Å². The van der Waals surface area contributed by atoms with Crippen LogP contribution in [0.15, 0.2) is 36.4 Å². The van der Waals surface area contributed by atoms with E-state index in [0.29, 0.717) is 25.7 Å². The average Bonchev–Trinajstić information content (AvgIpc) is 2.70. The van der Waals surface area contributed by atoms with Crippen molar-refractivity contribution in [2.45, 2.75) is 44.1 Å². The molecule has 4 heteroatoms. The lowest BCUT2D eigenvalue weighted by Gasteiger charge is -2.50. The summed E-state index contributed by atoms with van der Waals surface area (Å²) in [5.41, 5.74) is 5.27. The van der Waals surface area contributed by atoms with Crippen LogP contribution in [0.1, 0.15) is 37.3 Å². The molecule has 2 aromatic carbocycles. The third-order valence-electron chi connectivity index (χ3n) is 6.74. The number of hydrogen-bond acceptors (Lipinski definition) is 3. The van der Waals surface area contributed by atoms with Gasteiger partial charge in [-0.1, -0.05) is 31.2 Å². The van der Waals surface area contributed by atoms with E-state index in [1.807, 2.05) is 18.0 Å². The van der Waals surface area contributed by atoms with E-state index < -0.39 is 0 Å². The van der Waals surface area contributed by atoms with Gasteiger partial charge in [0.15, 0.2) is 11.5 Å². The minimum absolute atomic E-state index is 0.0571. The molecule has 2 atom stereocenters. The summed E-state index contributed by atoms with van der Waals surface area (Å²) in [5, 5.41) is 0. The summed E-state index contributed by atoms with van der Waals surface area (Å²) in [6.45, 7) is 3.55. The summed E-state index contributed by atoms with van der Waals surface area (Å²) in [4.78, 5) is 14.2. The van der Waals surface area contributed by atoms with Crippen LogP contribution in [-0.4, -0.2) is 37.1 Å². The van der Waals surface area contributed by atoms with Gasteiger partial charge in [-0.3, -0.25) is 4.79 Å². The number of fused-ring (bicyclic) bond motifs is 4. The average molecular weight is 363 g/mol. The quantitative estimate of drug-likeness (QED) is 0.770. The molecule has 1 saturated heterocycles. The molecule has 0 N–H and O–H groups in total. The number of ether oxygens (including phenoxy) is 2. The van der Waals surface area contributed by atoms with Crippen molar-refractivity contribution < 1.29 is 14.3 Å². The van der Waals surface area contributed by atoms with Gasteiger partial charge in [-0.05, 0) is 53.6 Å². The Labute approximate surface area is 160 Å². The molecule has 0 radical (unpaired) electrons. The maximum absolute atomic E-state index is 12.2. The molecule has 1 unspecified atom stereocenters. The normalized spacial score (nSPS) is 26.4. The lowest BCUT2D eigenvalue weighted by atomic mass is 9.63. The standard InChI is InChI=1S/C23H25NO3/c1-23-10-9-22(25)24(2)21(23)8-5-17-13-15(3-6-18(17)23)16-4-7-19-20(14-16)27-12-11-26-19/h3-4,6-7,13-14,21H,5,8-12H2,1-2H3/t21?,23-/m1/s1. The van der Waals surface area contributed by atoms with E-state index in [9.17, 15) is 4.79 Å². The smallest absolute Gasteiger partial charge is 0.222 e. The van der Waals surface area contributed by atoms with Gasteiger partial charge in [0.1, 0.15) is 13.2 Å². The van der Waals surface area contributed by atoms with Gasteiger partial charge in [0.25, 0.3) is 0 Å². The van der Waals surface area contributed by atoms with Crippen LogP contribution in [0.2, 0.25) is 0 Å². The van der Waals surface area contributed by atoms with Crippen LogP contribution in [-0.2, 0) is 16.6 Å². The zero-order valence-electron chi connectivity index (χ0n) is 16.0. The lowest BCUT2D eigenvalue weighted by Crippen LogP contribution is -2.56. The van der Waals surface area contributed by atoms with E-state index in [1.54, 1.807) is 0 Å². The van der Waals surface area contributed by atoms with Crippen LogP contribution in [0, 0.1) is 0 Å². The van der Waals surface area contributed by atoms with Crippen LogP contribution in [0.5, 0.6) is 11.5 Å². The van der Waals surface area contributed by atoms with E-state index in [1.165, 1.54) is 16.7 Å². The van der Waals surface area contributed by atoms with Gasteiger partial charge in [0, 0.05) is 24.9 Å². The highest BCUT2D eigenvalue weighted by Gasteiger charge is 2.46. The summed E-state index contributed by atoms with van der Waals surface area (Å²) in [6, 6.07) is 13.3. The Morgan fingerprint density at radius 2 is 1.74 bits per heavy atom. The van der Waals surface area contributed by atoms with Crippen LogP contribution in [0.3, 0.4) is 0 Å². The number of nitrogens with zero attached hydrogens (tertiary/aromatic N) is 1. The maximum atomic E-state index is 12.2. The molecule has 27 heavy (non-hydrogen) atoms. The van der Waals surface area contributed by atoms with Crippen LogP contribution in [0.4, 0.5) is 0 Å². The monoisotopic (exact) mass is 363 g/mol. The number of carbonyl (C=O) groups excluding carboxylic acids is 1. The van der Waals surface area contributed by atoms with Gasteiger partial charge >= 0.3 is 0 Å². The van der Waals surface area contributed by atoms with Gasteiger partial charge in [-0.2, -0.15) is 0 Å². The highest BCUT2D eigenvalue weighted by molar-refractivity contribution is 5.78. The SMILES string of the molecule is CN1C(=O)CC[C@]2(C)c3ccc(-c4ccc5c(c4)OCCO5)cc3CCC12. The third-order valence-corrected chi connectivity index (χ3v) is 6.74. The Morgan fingerprint density at radius 3 is 2.59 bits per heavy atom. The number of likely N-dealkylation sites (N-methyl/N-ethyl adjacent to an activating group) is 1. The largest absolute Gasteiger partial charge is 0.486 e. The van der Waals surface area contributed by atoms with Crippen molar-refractivity contribution in [2.75, 3.05) is 20.3 Å². The topological polar surface area (TPSA) is 38.8 Å². The lowest BCUT2D eigenvalue weighted by molar-refractivity contribution is -0.138. The maximum Gasteiger partial charge on any atom is 0.222 e. The van der Waals surface area contributed by atoms with E-state index in [0.717, 1.165) is 36.3 Å². The number of rotatable bonds is 1. The molecule has 0 aromatic heterocycles. The van der Waals surface area contributed by atoms with E-state index >= 15 is 0 Å². The molecule has 2 aromatic rings. The Morgan fingerprint density at radius 1 is 1.00 bits per heavy atom. The fourth-order valence-electron chi connectivity index (χ4n) is 5.19. The summed E-state index contributed by atoms with van der Waals surface area (Å²) in [6.07, 6.45) is 3.64. The Kier molecular flexibility index (Phi) is 3.71. The summed E-state index contributed by atoms with van der Waals surface area (Å²) in [7, 11) is 1.97. The first-order valence-corrected chi connectivity index (χ1v) is 9.85. The van der Waals surface area contributed by atoms with Crippen molar-refractivity contribution >= 4 is 5.91 Å². The number of piperidine rings is 1. The minimum Gasteiger partial charge on any atom is -0.486 e. The summed E-state index contributed by atoms with van der Waals surface area (Å²) in [5.74, 6) is 1.94. The number of amides is 1. The van der Waals surface area contributed by atoms with Crippen molar-refractivity contribution in [1.82, 2.24) is 4.90 Å². The molecule has 0 spiro atoms. The molecule has 2 aliphatic heterocycles. The Balaban J connectivity index is 1.52. The van der Waals surface area contributed by atoms with Gasteiger partial charge < -0.3 is 14.4 Å². The first-order chi connectivity index (χ1) is 13.1. The van der Waals surface area contributed by atoms with Gasteiger partial charge in [0.05, 0.1) is 0 Å². The van der Waals surface area contributed by atoms with Crippen LogP contribution >= 0.6 is 0 Å². The van der Waals surface area contributed by atoms with E-state index in [2.05, 4.69) is 37.3 Å². The zero-order valence-corrected chi connectivity index (χ0v) is 16.0. The molecular weight excluding hydrogens is 338 g/mol. The molecular formula is C23H25NO3. The highest BCUT2D eigenvalue weighted by Crippen LogP contribution is 2.46. The van der Waals surface area contributed by atoms with Crippen molar-refractivity contribution in [3.63, 3.8) is 0 Å². The zero-order chi connectivity index (χ0) is 18.6. The minimum atomic E-state index is 0.0571. The molecule has 1 fully saturated rings. The Hall–Kier alpha value is -2.49. The molecule has 0 saturated carbocycles. The molecule has 140 valence electrons. The molecule has 1 aliphatic carbocycles. The van der Waals surface area contributed by atoms with Crippen LogP contribution in [0.25, 0.3) is 11.1 Å². The predicted molar refractivity (Wildman–Crippen MR) is 104 cm³/mol. The second-order valence-corrected chi connectivity index (χ2v) is 8.21. The Bertz CT molecular complexity index is 922. The van der Waals surface area contributed by atoms with Gasteiger partial charge in [-0.25, -0.2) is 0 Å². The molecule has 3 aliphatic rings. The summed E-state index contributed by atoms with van der Waals surface area (Å²) < 4.78 is 11.4. The predicted octanol–water partition coefficient (Wildman–Crippen LogP) is 3.95. The second-order valence-electron chi connectivity index (χ2n) is 8.21. The second kappa shape index (κ2) is 6.01. The van der Waals surface area contributed by atoms with Crippen molar-refractivity contribution in [3.8, 4) is 22.6 Å². The molecule has 5 rings (SSSR count). The summed E-state index contributed by atoms with van der Waals surface area (Å²) >= 11 is 0. The number of carbonyl (C=O) groups is 1. The van der Waals surface area contributed by atoms with Crippen molar-refractivity contribution in [2.24, 2.45) is 0 Å². The third kappa shape index (κ3) is 2.53. The van der Waals surface area contributed by atoms with Crippen LogP contribution < -0.4 is 9.47 Å². The van der Waals surface area contributed by atoms with Gasteiger partial charge in [-0.15, -0.1) is 0 Å².